The van der Waals surface area contributed by atoms with Crippen molar-refractivity contribution in [1.29, 1.82) is 0 Å². The molecule has 3 rings (SSSR count). The molecule has 20 heavy (non-hydrogen) atoms. The van der Waals surface area contributed by atoms with Gasteiger partial charge in [-0.15, -0.1) is 0 Å². The van der Waals surface area contributed by atoms with Gasteiger partial charge in [0.05, 0.1) is 4.90 Å². The minimum atomic E-state index is -3.47. The molecule has 0 N–H and O–H groups in total. The fourth-order valence-corrected chi connectivity index (χ4v) is 5.31. The van der Waals surface area contributed by atoms with Crippen LogP contribution in [-0.4, -0.2) is 30.6 Å². The fraction of sp³-hybridized carbons (Fsp3) is 0.533. The Bertz CT molecular complexity index is 622. The van der Waals surface area contributed by atoms with E-state index in [0.29, 0.717) is 17.7 Å². The van der Waals surface area contributed by atoms with Gasteiger partial charge in [0, 0.05) is 24.9 Å². The van der Waals surface area contributed by atoms with E-state index in [1.165, 1.54) is 0 Å². The van der Waals surface area contributed by atoms with Crippen LogP contribution in [0.25, 0.3) is 0 Å². The lowest BCUT2D eigenvalue weighted by molar-refractivity contribution is -0.122. The molecule has 2 atom stereocenters. The van der Waals surface area contributed by atoms with Crippen LogP contribution in [-0.2, 0) is 21.2 Å². The number of sulfonamides is 1. The average molecular weight is 293 g/mol. The van der Waals surface area contributed by atoms with Crippen molar-refractivity contribution >= 4 is 15.8 Å². The Morgan fingerprint density at radius 1 is 1.20 bits per heavy atom. The first-order valence-corrected chi connectivity index (χ1v) is 8.60. The quantitative estimate of drug-likeness (QED) is 0.858. The highest BCUT2D eigenvalue weighted by atomic mass is 32.2. The van der Waals surface area contributed by atoms with Crippen molar-refractivity contribution in [2.24, 2.45) is 0 Å². The predicted molar refractivity (Wildman–Crippen MR) is 75.9 cm³/mol. The first kappa shape index (κ1) is 13.8. The number of hydrogen-bond acceptors (Lipinski definition) is 3. The second-order valence-corrected chi connectivity index (χ2v) is 7.51. The van der Waals surface area contributed by atoms with Crippen molar-refractivity contribution in [3.05, 3.63) is 29.8 Å². The van der Waals surface area contributed by atoms with Gasteiger partial charge >= 0.3 is 0 Å². The van der Waals surface area contributed by atoms with E-state index in [9.17, 15) is 13.2 Å². The van der Waals surface area contributed by atoms with Gasteiger partial charge in [0.1, 0.15) is 5.78 Å². The molecule has 2 aliphatic heterocycles. The Morgan fingerprint density at radius 2 is 1.85 bits per heavy atom. The van der Waals surface area contributed by atoms with Gasteiger partial charge in [-0.25, -0.2) is 8.42 Å². The van der Waals surface area contributed by atoms with Gasteiger partial charge in [-0.3, -0.25) is 4.79 Å². The first-order chi connectivity index (χ1) is 9.52. The van der Waals surface area contributed by atoms with Crippen molar-refractivity contribution in [3.8, 4) is 0 Å². The van der Waals surface area contributed by atoms with Gasteiger partial charge in [0.25, 0.3) is 0 Å². The van der Waals surface area contributed by atoms with Crippen molar-refractivity contribution in [2.75, 3.05) is 0 Å². The number of ketones is 1. The molecule has 4 nitrogen and oxygen atoms in total. The van der Waals surface area contributed by atoms with Crippen LogP contribution in [0.4, 0.5) is 0 Å². The molecule has 0 saturated carbocycles. The SMILES string of the molecule is CCc1cccc(S(=O)(=O)N2[C@H]3CC[C@H]2CC(=O)C3)c1. The minimum Gasteiger partial charge on any atom is -0.300 e. The van der Waals surface area contributed by atoms with Crippen molar-refractivity contribution < 1.29 is 13.2 Å². The highest BCUT2D eigenvalue weighted by Gasteiger charge is 2.46. The third-order valence-corrected chi connectivity index (χ3v) is 6.36. The molecule has 2 aliphatic rings. The Hall–Kier alpha value is -1.20. The molecule has 0 unspecified atom stereocenters. The normalized spacial score (nSPS) is 26.9. The summed E-state index contributed by atoms with van der Waals surface area (Å²) in [6.45, 7) is 2.01. The molecule has 2 saturated heterocycles. The standard InChI is InChI=1S/C15H19NO3S/c1-2-11-4-3-5-15(8-11)20(18,19)16-12-6-7-13(16)10-14(17)9-12/h3-5,8,12-13H,2,6-7,9-10H2,1H3/t12-,13-/m0/s1. The summed E-state index contributed by atoms with van der Waals surface area (Å²) in [5.41, 5.74) is 1.02. The zero-order valence-electron chi connectivity index (χ0n) is 11.6. The fourth-order valence-electron chi connectivity index (χ4n) is 3.37. The molecule has 0 spiro atoms. The summed E-state index contributed by atoms with van der Waals surface area (Å²) in [5.74, 6) is 0.200. The van der Waals surface area contributed by atoms with Gasteiger partial charge in [0.2, 0.25) is 10.0 Å². The number of nitrogens with zero attached hydrogens (tertiary/aromatic N) is 1. The van der Waals surface area contributed by atoms with Crippen LogP contribution in [0.3, 0.4) is 0 Å². The lowest BCUT2D eigenvalue weighted by atomic mass is 10.0. The van der Waals surface area contributed by atoms with Gasteiger partial charge in [0.15, 0.2) is 0 Å². The van der Waals surface area contributed by atoms with E-state index < -0.39 is 10.0 Å². The van der Waals surface area contributed by atoms with Crippen molar-refractivity contribution in [1.82, 2.24) is 4.31 Å². The van der Waals surface area contributed by atoms with Gasteiger partial charge in [-0.05, 0) is 37.0 Å². The Kier molecular flexibility index (Phi) is 3.42. The number of carbonyl (C=O) groups excluding carboxylic acids is 1. The summed E-state index contributed by atoms with van der Waals surface area (Å²) in [6, 6.07) is 6.89. The van der Waals surface area contributed by atoms with E-state index in [-0.39, 0.29) is 17.9 Å². The molecular formula is C15H19NO3S. The minimum absolute atomic E-state index is 0.128. The third kappa shape index (κ3) is 2.19. The Morgan fingerprint density at radius 3 is 2.45 bits per heavy atom. The summed E-state index contributed by atoms with van der Waals surface area (Å²) in [7, 11) is -3.47. The molecular weight excluding hydrogens is 274 g/mol. The second kappa shape index (κ2) is 4.97. The number of carbonyl (C=O) groups is 1. The predicted octanol–water partition coefficient (Wildman–Crippen LogP) is 2.13. The van der Waals surface area contributed by atoms with Crippen LogP contribution in [0.2, 0.25) is 0 Å². The van der Waals surface area contributed by atoms with Crippen molar-refractivity contribution in [2.45, 2.75) is 56.0 Å². The molecule has 0 aromatic heterocycles. The van der Waals surface area contributed by atoms with Crippen LogP contribution in [0.15, 0.2) is 29.2 Å². The third-order valence-electron chi connectivity index (χ3n) is 4.36. The smallest absolute Gasteiger partial charge is 0.243 e. The van der Waals surface area contributed by atoms with Crippen LogP contribution in [0, 0.1) is 0 Å². The first-order valence-electron chi connectivity index (χ1n) is 7.16. The largest absolute Gasteiger partial charge is 0.300 e. The van der Waals surface area contributed by atoms with Crippen LogP contribution < -0.4 is 0 Å². The summed E-state index contributed by atoms with van der Waals surface area (Å²) in [4.78, 5) is 12.0. The zero-order chi connectivity index (χ0) is 14.3. The molecule has 5 heteroatoms. The van der Waals surface area contributed by atoms with Crippen LogP contribution in [0.1, 0.15) is 38.2 Å². The number of benzene rings is 1. The van der Waals surface area contributed by atoms with Gasteiger partial charge in [-0.1, -0.05) is 19.1 Å². The highest BCUT2D eigenvalue weighted by molar-refractivity contribution is 7.89. The monoisotopic (exact) mass is 293 g/mol. The van der Waals surface area contributed by atoms with Crippen LogP contribution >= 0.6 is 0 Å². The summed E-state index contributed by atoms with van der Waals surface area (Å²) >= 11 is 0. The molecule has 0 aliphatic carbocycles. The Balaban J connectivity index is 1.98. The second-order valence-electron chi connectivity index (χ2n) is 5.67. The molecule has 2 fully saturated rings. The van der Waals surface area contributed by atoms with Crippen LogP contribution in [0.5, 0.6) is 0 Å². The molecule has 2 bridgehead atoms. The number of Topliss-reactive ketones (excluding diaryl/α,β-unsaturated/α-hetero) is 1. The van der Waals surface area contributed by atoms with Gasteiger partial charge < -0.3 is 0 Å². The number of aryl methyl sites for hydroxylation is 1. The lowest BCUT2D eigenvalue weighted by Crippen LogP contribution is -2.46. The number of piperidine rings is 1. The van der Waals surface area contributed by atoms with E-state index >= 15 is 0 Å². The zero-order valence-corrected chi connectivity index (χ0v) is 12.4. The number of fused-ring (bicyclic) bond motifs is 2. The maximum Gasteiger partial charge on any atom is 0.243 e. The van der Waals surface area contributed by atoms with Gasteiger partial charge in [-0.2, -0.15) is 4.31 Å². The number of rotatable bonds is 3. The van der Waals surface area contributed by atoms with E-state index in [2.05, 4.69) is 0 Å². The molecule has 1 aromatic rings. The average Bonchev–Trinajstić information content (AvgIpc) is 2.72. The summed E-state index contributed by atoms with van der Waals surface area (Å²) in [5, 5.41) is 0. The maximum atomic E-state index is 12.8. The van der Waals surface area contributed by atoms with Crippen molar-refractivity contribution in [3.63, 3.8) is 0 Å². The molecule has 0 radical (unpaired) electrons. The Labute approximate surface area is 119 Å². The molecule has 2 heterocycles. The molecule has 108 valence electrons. The summed E-state index contributed by atoms with van der Waals surface area (Å²) in [6.07, 6.45) is 3.19. The molecule has 1 aromatic carbocycles. The van der Waals surface area contributed by atoms with E-state index in [0.717, 1.165) is 24.8 Å². The maximum absolute atomic E-state index is 12.8. The topological polar surface area (TPSA) is 54.5 Å². The van der Waals surface area contributed by atoms with E-state index in [1.807, 2.05) is 13.0 Å². The van der Waals surface area contributed by atoms with E-state index in [4.69, 9.17) is 0 Å². The summed E-state index contributed by atoms with van der Waals surface area (Å²) < 4.78 is 27.3. The number of hydrogen-bond donors (Lipinski definition) is 0. The highest BCUT2D eigenvalue weighted by Crippen LogP contribution is 2.38. The van der Waals surface area contributed by atoms with E-state index in [1.54, 1.807) is 22.5 Å². The molecule has 0 amide bonds. The lowest BCUT2D eigenvalue weighted by Gasteiger charge is -2.32.